The van der Waals surface area contributed by atoms with Crippen molar-refractivity contribution in [3.8, 4) is 0 Å². The molecule has 3 nitrogen and oxygen atoms in total. The van der Waals surface area contributed by atoms with Gasteiger partial charge in [0, 0.05) is 21.9 Å². The van der Waals surface area contributed by atoms with Gasteiger partial charge in [-0.25, -0.2) is 4.39 Å². The minimum atomic E-state index is -0.555. The lowest BCUT2D eigenvalue weighted by Gasteiger charge is -2.16. The molecule has 0 aliphatic heterocycles. The fourth-order valence-electron chi connectivity index (χ4n) is 2.59. The van der Waals surface area contributed by atoms with E-state index in [2.05, 4.69) is 45.6 Å². The van der Waals surface area contributed by atoms with E-state index in [1.807, 2.05) is 30.3 Å². The Labute approximate surface area is 160 Å². The summed E-state index contributed by atoms with van der Waals surface area (Å²) in [6.07, 6.45) is 0. The summed E-state index contributed by atoms with van der Waals surface area (Å²) in [7, 11) is 0. The van der Waals surface area contributed by atoms with E-state index >= 15 is 0 Å². The topological polar surface area (TPSA) is 41.1 Å². The van der Waals surface area contributed by atoms with Gasteiger partial charge in [0.25, 0.3) is 5.91 Å². The van der Waals surface area contributed by atoms with Crippen LogP contribution in [0.3, 0.4) is 0 Å². The molecule has 0 radical (unpaired) electrons. The van der Waals surface area contributed by atoms with Crippen LogP contribution >= 0.6 is 15.9 Å². The molecule has 0 bridgehead atoms. The van der Waals surface area contributed by atoms with E-state index in [1.54, 1.807) is 18.2 Å². The Balaban J connectivity index is 1.66. The highest BCUT2D eigenvalue weighted by Gasteiger charge is 2.12. The molecule has 3 aromatic rings. The summed E-state index contributed by atoms with van der Waals surface area (Å²) in [5.41, 5.74) is 2.73. The minimum absolute atomic E-state index is 0.000670. The van der Waals surface area contributed by atoms with Crippen molar-refractivity contribution < 1.29 is 9.18 Å². The molecule has 0 aromatic heterocycles. The largest absolute Gasteiger partial charge is 0.379 e. The van der Waals surface area contributed by atoms with Crippen LogP contribution in [0.4, 0.5) is 15.8 Å². The SMILES string of the molecule is CC(Nc1ccc(NC(=O)c2cc(Br)ccc2F)cc1)c1ccccc1. The first-order valence-corrected chi connectivity index (χ1v) is 9.00. The molecule has 1 atom stereocenters. The summed E-state index contributed by atoms with van der Waals surface area (Å²) < 4.78 is 14.5. The maximum atomic E-state index is 13.8. The van der Waals surface area contributed by atoms with Gasteiger partial charge in [0.2, 0.25) is 0 Å². The lowest BCUT2D eigenvalue weighted by molar-refractivity contribution is 0.102. The summed E-state index contributed by atoms with van der Waals surface area (Å²) in [6, 6.07) is 21.9. The average molecular weight is 413 g/mol. The van der Waals surface area contributed by atoms with E-state index < -0.39 is 11.7 Å². The zero-order valence-electron chi connectivity index (χ0n) is 14.2. The zero-order chi connectivity index (χ0) is 18.5. The molecule has 1 amide bonds. The Morgan fingerprint density at radius 3 is 2.31 bits per heavy atom. The quantitative estimate of drug-likeness (QED) is 0.538. The van der Waals surface area contributed by atoms with Crippen molar-refractivity contribution in [3.63, 3.8) is 0 Å². The van der Waals surface area contributed by atoms with E-state index in [-0.39, 0.29) is 11.6 Å². The van der Waals surface area contributed by atoms with Crippen LogP contribution in [0.2, 0.25) is 0 Å². The minimum Gasteiger partial charge on any atom is -0.379 e. The first kappa shape index (κ1) is 18.1. The van der Waals surface area contributed by atoms with E-state index in [4.69, 9.17) is 0 Å². The summed E-state index contributed by atoms with van der Waals surface area (Å²) in [4.78, 5) is 12.2. The number of carbonyl (C=O) groups excluding carboxylic acids is 1. The van der Waals surface area contributed by atoms with Gasteiger partial charge in [-0.05, 0) is 55.0 Å². The van der Waals surface area contributed by atoms with Gasteiger partial charge >= 0.3 is 0 Å². The Bertz CT molecular complexity index is 898. The second kappa shape index (κ2) is 8.15. The highest BCUT2D eigenvalue weighted by atomic mass is 79.9. The molecule has 0 aliphatic carbocycles. The van der Waals surface area contributed by atoms with Gasteiger partial charge in [0.1, 0.15) is 5.82 Å². The van der Waals surface area contributed by atoms with E-state index in [0.29, 0.717) is 10.2 Å². The van der Waals surface area contributed by atoms with Crippen LogP contribution < -0.4 is 10.6 Å². The predicted octanol–water partition coefficient (Wildman–Crippen LogP) is 6.01. The van der Waals surface area contributed by atoms with Crippen LogP contribution in [0.15, 0.2) is 77.3 Å². The van der Waals surface area contributed by atoms with Crippen molar-refractivity contribution >= 4 is 33.2 Å². The molecular weight excluding hydrogens is 395 g/mol. The average Bonchev–Trinajstić information content (AvgIpc) is 2.66. The summed E-state index contributed by atoms with van der Waals surface area (Å²) >= 11 is 3.25. The van der Waals surface area contributed by atoms with Gasteiger partial charge in [-0.3, -0.25) is 4.79 Å². The van der Waals surface area contributed by atoms with Crippen molar-refractivity contribution in [1.29, 1.82) is 0 Å². The Morgan fingerprint density at radius 1 is 0.962 bits per heavy atom. The van der Waals surface area contributed by atoms with Crippen molar-refractivity contribution in [2.24, 2.45) is 0 Å². The zero-order valence-corrected chi connectivity index (χ0v) is 15.8. The van der Waals surface area contributed by atoms with E-state index in [0.717, 1.165) is 5.69 Å². The number of halogens is 2. The Morgan fingerprint density at radius 2 is 1.62 bits per heavy atom. The molecule has 0 spiro atoms. The fraction of sp³-hybridized carbons (Fsp3) is 0.0952. The highest BCUT2D eigenvalue weighted by molar-refractivity contribution is 9.10. The monoisotopic (exact) mass is 412 g/mol. The summed E-state index contributed by atoms with van der Waals surface area (Å²) in [6.45, 7) is 2.08. The molecule has 1 unspecified atom stereocenters. The van der Waals surface area contributed by atoms with Gasteiger partial charge in [0.05, 0.1) is 5.56 Å². The molecular formula is C21H18BrFN2O. The van der Waals surface area contributed by atoms with Crippen LogP contribution in [0, 0.1) is 5.82 Å². The molecule has 0 heterocycles. The molecule has 0 saturated heterocycles. The van der Waals surface area contributed by atoms with Gasteiger partial charge in [0.15, 0.2) is 0 Å². The second-order valence-electron chi connectivity index (χ2n) is 5.93. The molecule has 3 aromatic carbocycles. The lowest BCUT2D eigenvalue weighted by atomic mass is 10.1. The number of amides is 1. The molecule has 0 aliphatic rings. The number of rotatable bonds is 5. The number of nitrogens with one attached hydrogen (secondary N) is 2. The summed E-state index contributed by atoms with van der Waals surface area (Å²) in [5, 5.41) is 6.12. The first-order chi connectivity index (χ1) is 12.5. The van der Waals surface area contributed by atoms with E-state index in [9.17, 15) is 9.18 Å². The third kappa shape index (κ3) is 4.49. The number of hydrogen-bond donors (Lipinski definition) is 2. The van der Waals surface area contributed by atoms with E-state index in [1.165, 1.54) is 17.7 Å². The van der Waals surface area contributed by atoms with Crippen molar-refractivity contribution in [2.45, 2.75) is 13.0 Å². The third-order valence-electron chi connectivity index (χ3n) is 4.00. The number of hydrogen-bond acceptors (Lipinski definition) is 2. The number of carbonyl (C=O) groups is 1. The summed E-state index contributed by atoms with van der Waals surface area (Å²) in [5.74, 6) is -1.04. The lowest BCUT2D eigenvalue weighted by Crippen LogP contribution is -2.14. The van der Waals surface area contributed by atoms with Gasteiger partial charge < -0.3 is 10.6 Å². The standard InChI is InChI=1S/C21H18BrFN2O/c1-14(15-5-3-2-4-6-15)24-17-8-10-18(11-9-17)25-21(26)19-13-16(22)7-12-20(19)23/h2-14,24H,1H3,(H,25,26). The van der Waals surface area contributed by atoms with Gasteiger partial charge in [-0.1, -0.05) is 46.3 Å². The molecule has 0 saturated carbocycles. The maximum absolute atomic E-state index is 13.8. The maximum Gasteiger partial charge on any atom is 0.258 e. The van der Waals surface area contributed by atoms with Crippen LogP contribution in [-0.4, -0.2) is 5.91 Å². The molecule has 0 fully saturated rings. The fourth-order valence-corrected chi connectivity index (χ4v) is 2.96. The second-order valence-corrected chi connectivity index (χ2v) is 6.85. The Hall–Kier alpha value is -2.66. The van der Waals surface area contributed by atoms with Crippen LogP contribution in [0.1, 0.15) is 28.9 Å². The molecule has 3 rings (SSSR count). The molecule has 2 N–H and O–H groups in total. The Kier molecular flexibility index (Phi) is 5.68. The smallest absolute Gasteiger partial charge is 0.258 e. The van der Waals surface area contributed by atoms with Crippen molar-refractivity contribution in [3.05, 3.63) is 94.2 Å². The van der Waals surface area contributed by atoms with Crippen molar-refractivity contribution in [1.82, 2.24) is 0 Å². The van der Waals surface area contributed by atoms with Crippen LogP contribution in [0.5, 0.6) is 0 Å². The normalized spacial score (nSPS) is 11.7. The number of anilines is 2. The molecule has 5 heteroatoms. The first-order valence-electron chi connectivity index (χ1n) is 8.21. The van der Waals surface area contributed by atoms with Gasteiger partial charge in [-0.2, -0.15) is 0 Å². The predicted molar refractivity (Wildman–Crippen MR) is 107 cm³/mol. The van der Waals surface area contributed by atoms with Crippen LogP contribution in [-0.2, 0) is 0 Å². The van der Waals surface area contributed by atoms with Gasteiger partial charge in [-0.15, -0.1) is 0 Å². The highest BCUT2D eigenvalue weighted by Crippen LogP contribution is 2.22. The van der Waals surface area contributed by atoms with Crippen molar-refractivity contribution in [2.75, 3.05) is 10.6 Å². The number of benzene rings is 3. The van der Waals surface area contributed by atoms with Crippen LogP contribution in [0.25, 0.3) is 0 Å². The molecule has 132 valence electrons. The third-order valence-corrected chi connectivity index (χ3v) is 4.49. The molecule has 26 heavy (non-hydrogen) atoms.